The van der Waals surface area contributed by atoms with Crippen LogP contribution >= 0.6 is 11.5 Å². The van der Waals surface area contributed by atoms with Crippen LogP contribution in [-0.4, -0.2) is 59.4 Å². The lowest BCUT2D eigenvalue weighted by Crippen LogP contribution is -2.50. The summed E-state index contributed by atoms with van der Waals surface area (Å²) in [6.45, 7) is 7.00. The first-order valence-electron chi connectivity index (χ1n) is 9.42. The summed E-state index contributed by atoms with van der Waals surface area (Å²) in [6, 6.07) is 8.30. The van der Waals surface area contributed by atoms with Gasteiger partial charge in [-0.05, 0) is 24.5 Å². The van der Waals surface area contributed by atoms with Gasteiger partial charge >= 0.3 is 0 Å². The molecule has 6 nitrogen and oxygen atoms in total. The van der Waals surface area contributed by atoms with E-state index in [4.69, 9.17) is 0 Å². The van der Waals surface area contributed by atoms with Crippen LogP contribution in [-0.2, 0) is 17.6 Å². The van der Waals surface area contributed by atoms with Gasteiger partial charge in [0.2, 0.25) is 11.0 Å². The number of piperazine rings is 1. The van der Waals surface area contributed by atoms with E-state index in [0.29, 0.717) is 6.54 Å². The van der Waals surface area contributed by atoms with Crippen LogP contribution < -0.4 is 9.80 Å². The highest BCUT2D eigenvalue weighted by atomic mass is 32.1. The highest BCUT2D eigenvalue weighted by Crippen LogP contribution is 2.27. The fraction of sp³-hybridized carbons (Fsp3) is 0.526. The molecule has 0 atom stereocenters. The van der Waals surface area contributed by atoms with Crippen molar-refractivity contribution in [1.29, 1.82) is 0 Å². The molecule has 138 valence electrons. The fourth-order valence-electron chi connectivity index (χ4n) is 3.68. The van der Waals surface area contributed by atoms with E-state index in [-0.39, 0.29) is 5.91 Å². The van der Waals surface area contributed by atoms with Gasteiger partial charge in [0.1, 0.15) is 5.82 Å². The van der Waals surface area contributed by atoms with Crippen LogP contribution in [0, 0.1) is 0 Å². The Morgan fingerprint density at radius 2 is 1.96 bits per heavy atom. The van der Waals surface area contributed by atoms with E-state index < -0.39 is 0 Å². The molecule has 1 aromatic carbocycles. The van der Waals surface area contributed by atoms with Crippen molar-refractivity contribution in [1.82, 2.24) is 14.3 Å². The number of para-hydroxylation sites is 1. The number of benzene rings is 1. The monoisotopic (exact) mass is 371 g/mol. The third-order valence-electron chi connectivity index (χ3n) is 5.19. The molecule has 7 heteroatoms. The van der Waals surface area contributed by atoms with E-state index in [9.17, 15) is 4.79 Å². The van der Waals surface area contributed by atoms with Crippen molar-refractivity contribution < 1.29 is 4.79 Å². The highest BCUT2D eigenvalue weighted by Gasteiger charge is 2.26. The van der Waals surface area contributed by atoms with Gasteiger partial charge in [-0.1, -0.05) is 25.1 Å². The van der Waals surface area contributed by atoms with Crippen molar-refractivity contribution in [3.8, 4) is 0 Å². The summed E-state index contributed by atoms with van der Waals surface area (Å²) < 4.78 is 4.37. The Morgan fingerprint density at radius 3 is 2.73 bits per heavy atom. The highest BCUT2D eigenvalue weighted by molar-refractivity contribution is 7.09. The molecule has 1 amide bonds. The van der Waals surface area contributed by atoms with Gasteiger partial charge in [0.05, 0.1) is 6.54 Å². The second-order valence-corrected chi connectivity index (χ2v) is 7.62. The average Bonchev–Trinajstić information content (AvgIpc) is 3.17. The van der Waals surface area contributed by atoms with Gasteiger partial charge in [0.15, 0.2) is 0 Å². The number of hydrogen-bond donors (Lipinski definition) is 0. The average molecular weight is 372 g/mol. The van der Waals surface area contributed by atoms with E-state index in [2.05, 4.69) is 44.3 Å². The first kappa shape index (κ1) is 17.4. The van der Waals surface area contributed by atoms with Crippen molar-refractivity contribution >= 4 is 28.3 Å². The maximum absolute atomic E-state index is 12.9. The normalized spacial score (nSPS) is 18.0. The van der Waals surface area contributed by atoms with Crippen molar-refractivity contribution in [3.05, 3.63) is 35.7 Å². The maximum atomic E-state index is 12.9. The molecule has 0 saturated carbocycles. The van der Waals surface area contributed by atoms with Crippen LogP contribution in [0.15, 0.2) is 24.3 Å². The van der Waals surface area contributed by atoms with E-state index in [0.717, 1.165) is 68.6 Å². The third kappa shape index (κ3) is 3.59. The summed E-state index contributed by atoms with van der Waals surface area (Å²) >= 11 is 1.48. The van der Waals surface area contributed by atoms with Crippen LogP contribution in [0.3, 0.4) is 0 Å². The maximum Gasteiger partial charge on any atom is 0.241 e. The molecule has 0 aliphatic carbocycles. The lowest BCUT2D eigenvalue weighted by atomic mass is 10.0. The molecule has 0 unspecified atom stereocenters. The van der Waals surface area contributed by atoms with Crippen molar-refractivity contribution in [2.75, 3.05) is 49.1 Å². The lowest BCUT2D eigenvalue weighted by Gasteiger charge is -2.36. The molecule has 0 spiro atoms. The van der Waals surface area contributed by atoms with Crippen molar-refractivity contribution in [3.63, 3.8) is 0 Å². The topological polar surface area (TPSA) is 52.6 Å². The third-order valence-corrected chi connectivity index (χ3v) is 6.00. The molecule has 0 N–H and O–H groups in total. The Labute approximate surface area is 158 Å². The van der Waals surface area contributed by atoms with E-state index in [1.165, 1.54) is 17.1 Å². The molecule has 1 aromatic heterocycles. The number of aromatic nitrogens is 2. The van der Waals surface area contributed by atoms with E-state index >= 15 is 0 Å². The number of amides is 1. The van der Waals surface area contributed by atoms with Crippen molar-refractivity contribution in [2.45, 2.75) is 26.2 Å². The predicted octanol–water partition coefficient (Wildman–Crippen LogP) is 2.20. The Balaban J connectivity index is 1.34. The number of rotatable bonds is 4. The Morgan fingerprint density at radius 1 is 1.15 bits per heavy atom. The SMILES string of the molecule is CCc1nsc(N2CCN(CC(=O)N3CCCc4ccccc43)CC2)n1. The zero-order valence-electron chi connectivity index (χ0n) is 15.2. The second-order valence-electron chi connectivity index (χ2n) is 6.89. The molecular formula is C19H25N5OS. The largest absolute Gasteiger partial charge is 0.344 e. The molecule has 0 bridgehead atoms. The van der Waals surface area contributed by atoms with Gasteiger partial charge in [-0.3, -0.25) is 9.69 Å². The number of fused-ring (bicyclic) bond motifs is 1. The van der Waals surface area contributed by atoms with Gasteiger partial charge < -0.3 is 9.80 Å². The molecule has 1 saturated heterocycles. The van der Waals surface area contributed by atoms with Crippen LogP contribution in [0.5, 0.6) is 0 Å². The summed E-state index contributed by atoms with van der Waals surface area (Å²) in [6.07, 6.45) is 3.00. The zero-order chi connectivity index (χ0) is 17.9. The molecule has 26 heavy (non-hydrogen) atoms. The molecular weight excluding hydrogens is 346 g/mol. The van der Waals surface area contributed by atoms with Gasteiger partial charge in [-0.2, -0.15) is 4.37 Å². The van der Waals surface area contributed by atoms with Crippen molar-refractivity contribution in [2.24, 2.45) is 0 Å². The number of anilines is 2. The number of carbonyl (C=O) groups excluding carboxylic acids is 1. The van der Waals surface area contributed by atoms with E-state index in [1.54, 1.807) is 0 Å². The Bertz CT molecular complexity index is 769. The smallest absolute Gasteiger partial charge is 0.241 e. The second kappa shape index (κ2) is 7.72. The predicted molar refractivity (Wildman–Crippen MR) is 105 cm³/mol. The first-order valence-corrected chi connectivity index (χ1v) is 10.2. The molecule has 4 rings (SSSR count). The first-order chi connectivity index (χ1) is 12.7. The number of nitrogens with zero attached hydrogens (tertiary/aromatic N) is 5. The molecule has 2 aliphatic heterocycles. The minimum absolute atomic E-state index is 0.217. The Hall–Kier alpha value is -1.99. The number of aryl methyl sites for hydroxylation is 2. The summed E-state index contributed by atoms with van der Waals surface area (Å²) in [7, 11) is 0. The molecule has 0 radical (unpaired) electrons. The number of hydrogen-bond acceptors (Lipinski definition) is 6. The summed E-state index contributed by atoms with van der Waals surface area (Å²) in [5.74, 6) is 1.14. The minimum atomic E-state index is 0.217. The van der Waals surface area contributed by atoms with Crippen LogP contribution in [0.2, 0.25) is 0 Å². The van der Waals surface area contributed by atoms with Gasteiger partial charge in [0.25, 0.3) is 0 Å². The van der Waals surface area contributed by atoms with Gasteiger partial charge in [0, 0.05) is 56.4 Å². The van der Waals surface area contributed by atoms with E-state index in [1.807, 2.05) is 11.0 Å². The van der Waals surface area contributed by atoms with Gasteiger partial charge in [-0.25, -0.2) is 4.98 Å². The lowest BCUT2D eigenvalue weighted by molar-refractivity contribution is -0.119. The minimum Gasteiger partial charge on any atom is -0.344 e. The van der Waals surface area contributed by atoms with Crippen LogP contribution in [0.4, 0.5) is 10.8 Å². The summed E-state index contributed by atoms with van der Waals surface area (Å²) in [5.41, 5.74) is 2.39. The molecule has 1 fully saturated rings. The Kier molecular flexibility index (Phi) is 5.17. The number of carbonyl (C=O) groups is 1. The van der Waals surface area contributed by atoms with Gasteiger partial charge in [-0.15, -0.1) is 0 Å². The molecule has 2 aromatic rings. The summed E-state index contributed by atoms with van der Waals surface area (Å²) in [4.78, 5) is 24.0. The standard InChI is InChI=1S/C19H25N5OS/c1-2-17-20-19(26-21-17)23-12-10-22(11-13-23)14-18(25)24-9-5-7-15-6-3-4-8-16(15)24/h3-4,6,8H,2,5,7,9-14H2,1H3. The zero-order valence-corrected chi connectivity index (χ0v) is 16.0. The quantitative estimate of drug-likeness (QED) is 0.825. The fourth-order valence-corrected chi connectivity index (χ4v) is 4.48. The van der Waals surface area contributed by atoms with Crippen LogP contribution in [0.25, 0.3) is 0 Å². The summed E-state index contributed by atoms with van der Waals surface area (Å²) in [5, 5.41) is 1.01. The molecule has 2 aliphatic rings. The van der Waals surface area contributed by atoms with Crippen LogP contribution in [0.1, 0.15) is 24.7 Å². The molecule has 3 heterocycles.